The summed E-state index contributed by atoms with van der Waals surface area (Å²) in [5.41, 5.74) is 0.384. The second kappa shape index (κ2) is 7.60. The fraction of sp³-hybridized carbons (Fsp3) is 0.188. The van der Waals surface area contributed by atoms with E-state index in [0.29, 0.717) is 17.9 Å². The van der Waals surface area contributed by atoms with Crippen molar-refractivity contribution in [3.05, 3.63) is 63.2 Å². The lowest BCUT2D eigenvalue weighted by molar-refractivity contribution is -0.384. The van der Waals surface area contributed by atoms with E-state index in [0.717, 1.165) is 6.42 Å². The third kappa shape index (κ3) is 4.20. The molecule has 1 amide bonds. The molecule has 0 bridgehead atoms. The molecule has 0 saturated carbocycles. The molecule has 2 rings (SSSR count). The van der Waals surface area contributed by atoms with Gasteiger partial charge in [-0.3, -0.25) is 14.9 Å². The van der Waals surface area contributed by atoms with Crippen molar-refractivity contribution in [2.75, 3.05) is 11.9 Å². The van der Waals surface area contributed by atoms with Gasteiger partial charge in [-0.15, -0.1) is 0 Å². The highest BCUT2D eigenvalue weighted by Gasteiger charge is 2.16. The van der Waals surface area contributed by atoms with Crippen LogP contribution in [0.15, 0.2) is 42.5 Å². The van der Waals surface area contributed by atoms with Crippen LogP contribution >= 0.6 is 11.6 Å². The van der Waals surface area contributed by atoms with E-state index in [-0.39, 0.29) is 16.4 Å². The van der Waals surface area contributed by atoms with Gasteiger partial charge in [0.1, 0.15) is 10.8 Å². The fourth-order valence-electron chi connectivity index (χ4n) is 1.92. The molecule has 0 saturated heterocycles. The van der Waals surface area contributed by atoms with Crippen LogP contribution in [0.25, 0.3) is 0 Å². The number of hydrogen-bond acceptors (Lipinski definition) is 4. The number of carbonyl (C=O) groups excluding carboxylic acids is 1. The number of hydrogen-bond donors (Lipinski definition) is 1. The largest absolute Gasteiger partial charge is 0.493 e. The summed E-state index contributed by atoms with van der Waals surface area (Å²) in [4.78, 5) is 22.7. The summed E-state index contributed by atoms with van der Waals surface area (Å²) in [5.74, 6) is 0.0589. The molecule has 2 aromatic rings. The van der Waals surface area contributed by atoms with Gasteiger partial charge in [0.2, 0.25) is 0 Å². The minimum absolute atomic E-state index is 0.0136. The zero-order valence-corrected chi connectivity index (χ0v) is 13.2. The zero-order chi connectivity index (χ0) is 16.8. The van der Waals surface area contributed by atoms with Crippen LogP contribution in [0, 0.1) is 10.1 Å². The van der Waals surface area contributed by atoms with Crippen LogP contribution in [0.5, 0.6) is 5.75 Å². The lowest BCUT2D eigenvalue weighted by atomic mass is 10.1. The van der Waals surface area contributed by atoms with Crippen molar-refractivity contribution in [2.24, 2.45) is 0 Å². The summed E-state index contributed by atoms with van der Waals surface area (Å²) >= 11 is 5.75. The summed E-state index contributed by atoms with van der Waals surface area (Å²) in [6.45, 7) is 2.46. The number of para-hydroxylation sites is 1. The molecule has 0 aliphatic carbocycles. The first-order chi connectivity index (χ1) is 11.0. The van der Waals surface area contributed by atoms with Gasteiger partial charge in [0.25, 0.3) is 11.6 Å². The number of nitrogens with one attached hydrogen (secondary N) is 1. The predicted octanol–water partition coefficient (Wildman–Crippen LogP) is 4.29. The van der Waals surface area contributed by atoms with Crippen molar-refractivity contribution in [1.29, 1.82) is 0 Å². The fourth-order valence-corrected chi connectivity index (χ4v) is 2.11. The Balaban J connectivity index is 2.23. The first-order valence-electron chi connectivity index (χ1n) is 7.00. The number of nitro benzene ring substituents is 1. The average molecular weight is 335 g/mol. The Morgan fingerprint density at radius 2 is 2.04 bits per heavy atom. The number of rotatable bonds is 6. The topological polar surface area (TPSA) is 81.5 Å². The number of nitrogens with zero attached hydrogens (tertiary/aromatic N) is 1. The van der Waals surface area contributed by atoms with E-state index in [1.54, 1.807) is 24.3 Å². The van der Waals surface area contributed by atoms with E-state index in [1.165, 1.54) is 18.2 Å². The van der Waals surface area contributed by atoms with Crippen molar-refractivity contribution in [2.45, 2.75) is 13.3 Å². The van der Waals surface area contributed by atoms with Gasteiger partial charge in [-0.05, 0) is 30.7 Å². The maximum absolute atomic E-state index is 12.4. The molecule has 23 heavy (non-hydrogen) atoms. The number of carbonyl (C=O) groups is 1. The van der Waals surface area contributed by atoms with Crippen molar-refractivity contribution in [3.8, 4) is 5.75 Å². The van der Waals surface area contributed by atoms with E-state index in [4.69, 9.17) is 16.3 Å². The van der Waals surface area contributed by atoms with Crippen LogP contribution in [0.4, 0.5) is 11.4 Å². The molecular formula is C16H15ClN2O4. The van der Waals surface area contributed by atoms with Crippen LogP contribution in [-0.4, -0.2) is 17.4 Å². The van der Waals surface area contributed by atoms with Gasteiger partial charge in [-0.25, -0.2) is 0 Å². The Morgan fingerprint density at radius 3 is 2.74 bits per heavy atom. The molecule has 6 nitrogen and oxygen atoms in total. The van der Waals surface area contributed by atoms with Crippen LogP contribution in [0.2, 0.25) is 5.02 Å². The van der Waals surface area contributed by atoms with Crippen LogP contribution in [-0.2, 0) is 0 Å². The second-order valence-electron chi connectivity index (χ2n) is 4.72. The van der Waals surface area contributed by atoms with Crippen LogP contribution in [0.3, 0.4) is 0 Å². The maximum Gasteiger partial charge on any atom is 0.289 e. The number of ether oxygens (including phenoxy) is 1. The van der Waals surface area contributed by atoms with Gasteiger partial charge in [0, 0.05) is 11.8 Å². The Bertz CT molecular complexity index is 734. The normalized spacial score (nSPS) is 10.2. The van der Waals surface area contributed by atoms with E-state index in [1.807, 2.05) is 6.92 Å². The van der Waals surface area contributed by atoms with Crippen LogP contribution < -0.4 is 10.1 Å². The molecular weight excluding hydrogens is 320 g/mol. The minimum Gasteiger partial charge on any atom is -0.493 e. The molecule has 0 aromatic heterocycles. The van der Waals surface area contributed by atoms with Gasteiger partial charge in [-0.2, -0.15) is 0 Å². The van der Waals surface area contributed by atoms with E-state index in [2.05, 4.69) is 5.32 Å². The van der Waals surface area contributed by atoms with E-state index in [9.17, 15) is 14.9 Å². The molecule has 7 heteroatoms. The molecule has 0 fully saturated rings. The SMILES string of the molecule is CCCOc1ccccc1C(=O)Nc1ccc(Cl)c([N+](=O)[O-])c1. The second-order valence-corrected chi connectivity index (χ2v) is 5.13. The summed E-state index contributed by atoms with van der Waals surface area (Å²) < 4.78 is 5.54. The molecule has 0 atom stereocenters. The van der Waals surface area contributed by atoms with E-state index < -0.39 is 10.8 Å². The van der Waals surface area contributed by atoms with Crippen molar-refractivity contribution < 1.29 is 14.5 Å². The molecule has 1 N–H and O–H groups in total. The highest BCUT2D eigenvalue weighted by molar-refractivity contribution is 6.32. The maximum atomic E-state index is 12.4. The smallest absolute Gasteiger partial charge is 0.289 e. The van der Waals surface area contributed by atoms with Gasteiger partial charge >= 0.3 is 0 Å². The quantitative estimate of drug-likeness (QED) is 0.631. The number of halogens is 1. The highest BCUT2D eigenvalue weighted by atomic mass is 35.5. The molecule has 0 spiro atoms. The van der Waals surface area contributed by atoms with Crippen molar-refractivity contribution >= 4 is 28.9 Å². The molecule has 2 aromatic carbocycles. The average Bonchev–Trinajstić information content (AvgIpc) is 2.54. The highest BCUT2D eigenvalue weighted by Crippen LogP contribution is 2.28. The summed E-state index contributed by atoms with van der Waals surface area (Å²) in [6, 6.07) is 10.9. The van der Waals surface area contributed by atoms with E-state index >= 15 is 0 Å². The van der Waals surface area contributed by atoms with Gasteiger partial charge in [0.15, 0.2) is 0 Å². The lowest BCUT2D eigenvalue weighted by Gasteiger charge is -2.11. The number of benzene rings is 2. The number of nitro groups is 1. The van der Waals surface area contributed by atoms with Gasteiger partial charge < -0.3 is 10.1 Å². The first-order valence-corrected chi connectivity index (χ1v) is 7.38. The molecule has 0 aliphatic rings. The molecule has 120 valence electrons. The van der Waals surface area contributed by atoms with Crippen molar-refractivity contribution in [1.82, 2.24) is 0 Å². The minimum atomic E-state index is -0.601. The molecule has 0 aliphatic heterocycles. The Labute approximate surface area is 138 Å². The predicted molar refractivity (Wildman–Crippen MR) is 88.3 cm³/mol. The summed E-state index contributed by atoms with van der Waals surface area (Å²) in [7, 11) is 0. The Morgan fingerprint density at radius 1 is 1.30 bits per heavy atom. The third-order valence-corrected chi connectivity index (χ3v) is 3.31. The third-order valence-electron chi connectivity index (χ3n) is 2.99. The van der Waals surface area contributed by atoms with Crippen molar-refractivity contribution in [3.63, 3.8) is 0 Å². The Hall–Kier alpha value is -2.60. The monoisotopic (exact) mass is 334 g/mol. The standard InChI is InChI=1S/C16H15ClN2O4/c1-2-9-23-15-6-4-3-5-12(15)16(20)18-11-7-8-13(17)14(10-11)19(21)22/h3-8,10H,2,9H2,1H3,(H,18,20). The summed E-state index contributed by atoms with van der Waals surface area (Å²) in [5, 5.41) is 13.5. The van der Waals surface area contributed by atoms with Crippen LogP contribution in [0.1, 0.15) is 23.7 Å². The molecule has 0 heterocycles. The van der Waals surface area contributed by atoms with Gasteiger partial charge in [0.05, 0.1) is 17.1 Å². The Kier molecular flexibility index (Phi) is 5.54. The zero-order valence-electron chi connectivity index (χ0n) is 12.4. The first kappa shape index (κ1) is 16.8. The lowest BCUT2D eigenvalue weighted by Crippen LogP contribution is -2.14. The summed E-state index contributed by atoms with van der Waals surface area (Å²) in [6.07, 6.45) is 0.819. The molecule has 0 unspecified atom stereocenters. The number of anilines is 1. The molecule has 0 radical (unpaired) electrons. The van der Waals surface area contributed by atoms with Gasteiger partial charge in [-0.1, -0.05) is 30.7 Å². The number of amides is 1.